The molecule has 5 heteroatoms. The smallest absolute Gasteiger partial charge is 0.159 e. The number of anilines is 2. The van der Waals surface area contributed by atoms with E-state index in [0.29, 0.717) is 6.54 Å². The molecule has 2 aromatic heterocycles. The summed E-state index contributed by atoms with van der Waals surface area (Å²) in [7, 11) is 0. The normalized spacial score (nSPS) is 11.0. The van der Waals surface area contributed by atoms with E-state index in [0.717, 1.165) is 30.0 Å². The Bertz CT molecular complexity index is 734. The summed E-state index contributed by atoms with van der Waals surface area (Å²) in [6.45, 7) is 3.58. The molecule has 2 N–H and O–H groups in total. The number of fused-ring (bicyclic) bond motifs is 1. The highest BCUT2D eigenvalue weighted by Crippen LogP contribution is 2.27. The number of benzene rings is 1. The van der Waals surface area contributed by atoms with E-state index in [9.17, 15) is 0 Å². The monoisotopic (exact) mass is 281 g/mol. The molecule has 0 bridgehead atoms. The number of hydrogen-bond donors (Lipinski definition) is 1. The first-order valence-electron chi connectivity index (χ1n) is 7.12. The van der Waals surface area contributed by atoms with Gasteiger partial charge < -0.3 is 10.6 Å². The topological polar surface area (TPSA) is 59.5 Å². The van der Waals surface area contributed by atoms with Crippen LogP contribution in [0.1, 0.15) is 12.0 Å². The minimum atomic E-state index is 0.657. The van der Waals surface area contributed by atoms with Crippen LogP contribution in [0.25, 0.3) is 5.52 Å². The summed E-state index contributed by atoms with van der Waals surface area (Å²) in [5.41, 5.74) is 9.04. The predicted octanol–water partition coefficient (Wildman–Crippen LogP) is 2.52. The minimum absolute atomic E-state index is 0.657. The van der Waals surface area contributed by atoms with Crippen LogP contribution in [0, 0.1) is 6.92 Å². The molecule has 0 saturated heterocycles. The van der Waals surface area contributed by atoms with Gasteiger partial charge in [0, 0.05) is 24.6 Å². The zero-order chi connectivity index (χ0) is 14.7. The molecule has 0 spiro atoms. The van der Waals surface area contributed by atoms with E-state index in [1.165, 1.54) is 5.56 Å². The van der Waals surface area contributed by atoms with E-state index in [1.54, 1.807) is 12.4 Å². The maximum Gasteiger partial charge on any atom is 0.159 e. The predicted molar refractivity (Wildman–Crippen MR) is 84.8 cm³/mol. The molecule has 0 aliphatic rings. The highest BCUT2D eigenvalue weighted by atomic mass is 15.3. The van der Waals surface area contributed by atoms with Crippen LogP contribution in [-0.2, 0) is 0 Å². The molecule has 3 rings (SSSR count). The molecule has 0 saturated carbocycles. The van der Waals surface area contributed by atoms with Gasteiger partial charge in [-0.25, -0.2) is 9.50 Å². The molecular formula is C16H19N5. The van der Waals surface area contributed by atoms with Gasteiger partial charge in [-0.3, -0.25) is 0 Å². The maximum absolute atomic E-state index is 5.69. The summed E-state index contributed by atoms with van der Waals surface area (Å²) in [6, 6.07) is 10.4. The Kier molecular flexibility index (Phi) is 3.83. The second-order valence-electron chi connectivity index (χ2n) is 5.04. The van der Waals surface area contributed by atoms with Crippen molar-refractivity contribution in [3.63, 3.8) is 0 Å². The van der Waals surface area contributed by atoms with Crippen molar-refractivity contribution < 1.29 is 0 Å². The van der Waals surface area contributed by atoms with Crippen molar-refractivity contribution in [2.75, 3.05) is 18.0 Å². The Morgan fingerprint density at radius 1 is 1.24 bits per heavy atom. The number of hydrogen-bond acceptors (Lipinski definition) is 4. The van der Waals surface area contributed by atoms with Gasteiger partial charge in [-0.05, 0) is 43.7 Å². The van der Waals surface area contributed by atoms with Crippen LogP contribution in [0.3, 0.4) is 0 Å². The van der Waals surface area contributed by atoms with Gasteiger partial charge in [0.2, 0.25) is 0 Å². The first-order chi connectivity index (χ1) is 10.3. The van der Waals surface area contributed by atoms with E-state index in [2.05, 4.69) is 46.2 Å². The SMILES string of the molecule is Cc1cccc(N(CCCN)c2nccn3nccc23)c1. The van der Waals surface area contributed by atoms with E-state index < -0.39 is 0 Å². The maximum atomic E-state index is 5.69. The van der Waals surface area contributed by atoms with Gasteiger partial charge in [0.25, 0.3) is 0 Å². The van der Waals surface area contributed by atoms with Gasteiger partial charge in [0.15, 0.2) is 5.82 Å². The Labute approximate surface area is 124 Å². The lowest BCUT2D eigenvalue weighted by atomic mass is 10.2. The van der Waals surface area contributed by atoms with Crippen molar-refractivity contribution in [1.29, 1.82) is 0 Å². The molecule has 0 aliphatic heterocycles. The van der Waals surface area contributed by atoms with Crippen LogP contribution in [0.4, 0.5) is 11.5 Å². The Hall–Kier alpha value is -2.40. The molecule has 3 aromatic rings. The number of aromatic nitrogens is 3. The third kappa shape index (κ3) is 2.73. The van der Waals surface area contributed by atoms with Crippen molar-refractivity contribution in [3.05, 3.63) is 54.5 Å². The third-order valence-corrected chi connectivity index (χ3v) is 3.46. The molecule has 1 aromatic carbocycles. The van der Waals surface area contributed by atoms with E-state index in [-0.39, 0.29) is 0 Å². The number of aryl methyl sites for hydroxylation is 1. The van der Waals surface area contributed by atoms with Crippen molar-refractivity contribution in [2.24, 2.45) is 5.73 Å². The molecule has 21 heavy (non-hydrogen) atoms. The molecule has 0 atom stereocenters. The molecule has 0 aliphatic carbocycles. The molecule has 5 nitrogen and oxygen atoms in total. The fourth-order valence-corrected chi connectivity index (χ4v) is 2.45. The molecule has 0 unspecified atom stereocenters. The molecule has 2 heterocycles. The first-order valence-corrected chi connectivity index (χ1v) is 7.12. The van der Waals surface area contributed by atoms with E-state index >= 15 is 0 Å². The lowest BCUT2D eigenvalue weighted by molar-refractivity contribution is 0.807. The number of nitrogens with zero attached hydrogens (tertiary/aromatic N) is 4. The zero-order valence-electron chi connectivity index (χ0n) is 12.1. The second-order valence-corrected chi connectivity index (χ2v) is 5.04. The van der Waals surface area contributed by atoms with Crippen LogP contribution in [0.15, 0.2) is 48.9 Å². The summed E-state index contributed by atoms with van der Waals surface area (Å²) in [5.74, 6) is 0.911. The van der Waals surface area contributed by atoms with Gasteiger partial charge >= 0.3 is 0 Å². The van der Waals surface area contributed by atoms with Gasteiger partial charge in [-0.1, -0.05) is 12.1 Å². The quantitative estimate of drug-likeness (QED) is 0.780. The molecule has 0 fully saturated rings. The Morgan fingerprint density at radius 3 is 2.95 bits per heavy atom. The van der Waals surface area contributed by atoms with E-state index in [4.69, 9.17) is 5.73 Å². The molecule has 0 amide bonds. The third-order valence-electron chi connectivity index (χ3n) is 3.46. The van der Waals surface area contributed by atoms with Crippen LogP contribution >= 0.6 is 0 Å². The van der Waals surface area contributed by atoms with Gasteiger partial charge in [0.1, 0.15) is 5.52 Å². The second kappa shape index (κ2) is 5.93. The van der Waals surface area contributed by atoms with Gasteiger partial charge in [0.05, 0.1) is 6.20 Å². The highest BCUT2D eigenvalue weighted by Gasteiger charge is 2.14. The molecule has 0 radical (unpaired) electrons. The molecular weight excluding hydrogens is 262 g/mol. The summed E-state index contributed by atoms with van der Waals surface area (Å²) in [5, 5.41) is 4.28. The minimum Gasteiger partial charge on any atom is -0.330 e. The Morgan fingerprint density at radius 2 is 2.14 bits per heavy atom. The zero-order valence-corrected chi connectivity index (χ0v) is 12.1. The lowest BCUT2D eigenvalue weighted by Crippen LogP contribution is -2.22. The van der Waals surface area contributed by atoms with Crippen molar-refractivity contribution in [2.45, 2.75) is 13.3 Å². The summed E-state index contributed by atoms with van der Waals surface area (Å²) >= 11 is 0. The fourth-order valence-electron chi connectivity index (χ4n) is 2.45. The average Bonchev–Trinajstić information content (AvgIpc) is 2.97. The van der Waals surface area contributed by atoms with Crippen LogP contribution in [0.2, 0.25) is 0 Å². The highest BCUT2D eigenvalue weighted by molar-refractivity contribution is 5.75. The van der Waals surface area contributed by atoms with E-state index in [1.807, 2.05) is 16.8 Å². The summed E-state index contributed by atoms with van der Waals surface area (Å²) in [4.78, 5) is 6.77. The van der Waals surface area contributed by atoms with Crippen molar-refractivity contribution in [3.8, 4) is 0 Å². The number of nitrogens with two attached hydrogens (primary N) is 1. The summed E-state index contributed by atoms with van der Waals surface area (Å²) < 4.78 is 1.84. The first kappa shape index (κ1) is 13.6. The standard InChI is InChI=1S/C16H19N5/c1-13-4-2-5-14(12-13)20(10-3-7-17)16-15-6-8-19-21(15)11-9-18-16/h2,4-6,8-9,11-12H,3,7,10,17H2,1H3. The largest absolute Gasteiger partial charge is 0.330 e. The molecule has 108 valence electrons. The van der Waals surface area contributed by atoms with Crippen molar-refractivity contribution >= 4 is 17.0 Å². The number of rotatable bonds is 5. The fraction of sp³-hybridized carbons (Fsp3) is 0.250. The van der Waals surface area contributed by atoms with Gasteiger partial charge in [-0.15, -0.1) is 0 Å². The Balaban J connectivity index is 2.08. The van der Waals surface area contributed by atoms with Gasteiger partial charge in [-0.2, -0.15) is 5.10 Å². The average molecular weight is 281 g/mol. The van der Waals surface area contributed by atoms with Crippen LogP contribution in [0.5, 0.6) is 0 Å². The lowest BCUT2D eigenvalue weighted by Gasteiger charge is -2.24. The summed E-state index contributed by atoms with van der Waals surface area (Å²) in [6.07, 6.45) is 6.33. The van der Waals surface area contributed by atoms with Crippen molar-refractivity contribution in [1.82, 2.24) is 14.6 Å². The van der Waals surface area contributed by atoms with Crippen LogP contribution in [-0.4, -0.2) is 27.7 Å². The van der Waals surface area contributed by atoms with Crippen LogP contribution < -0.4 is 10.6 Å².